The summed E-state index contributed by atoms with van der Waals surface area (Å²) < 4.78 is 5.56. The molecule has 1 N–H and O–H groups in total. The van der Waals surface area contributed by atoms with E-state index in [1.165, 1.54) is 0 Å². The van der Waals surface area contributed by atoms with E-state index < -0.39 is 0 Å². The maximum absolute atomic E-state index is 9.29. The van der Waals surface area contributed by atoms with E-state index in [9.17, 15) is 5.11 Å². The highest BCUT2D eigenvalue weighted by molar-refractivity contribution is 5.36. The minimum absolute atomic E-state index is 0.170. The first-order valence-corrected chi connectivity index (χ1v) is 4.92. The Balaban J connectivity index is 2.27. The molecule has 0 radical (unpaired) electrons. The van der Waals surface area contributed by atoms with Crippen LogP contribution in [0.5, 0.6) is 17.2 Å². The molecule has 0 bridgehead atoms. The lowest BCUT2D eigenvalue weighted by molar-refractivity contribution is 0.450. The topological polar surface area (TPSA) is 55.2 Å². The Labute approximate surface area is 93.6 Å². The van der Waals surface area contributed by atoms with Crippen molar-refractivity contribution in [2.45, 2.75) is 13.8 Å². The number of aromatic nitrogens is 2. The van der Waals surface area contributed by atoms with Crippen LogP contribution in [0, 0.1) is 13.8 Å². The molecule has 1 aromatic heterocycles. The number of aryl methyl sites for hydroxylation is 2. The van der Waals surface area contributed by atoms with Crippen molar-refractivity contribution in [3.8, 4) is 17.2 Å². The molecule has 1 aromatic carbocycles. The lowest BCUT2D eigenvalue weighted by Gasteiger charge is -2.07. The Hall–Kier alpha value is -2.10. The zero-order valence-electron chi connectivity index (χ0n) is 9.14. The van der Waals surface area contributed by atoms with Crippen molar-refractivity contribution >= 4 is 0 Å². The zero-order valence-corrected chi connectivity index (χ0v) is 9.14. The van der Waals surface area contributed by atoms with Crippen LogP contribution in [-0.2, 0) is 0 Å². The molecule has 2 rings (SSSR count). The predicted molar refractivity (Wildman–Crippen MR) is 59.7 cm³/mol. The first-order chi connectivity index (χ1) is 7.65. The Kier molecular flexibility index (Phi) is 2.72. The van der Waals surface area contributed by atoms with Gasteiger partial charge in [0.2, 0.25) is 0 Å². The van der Waals surface area contributed by atoms with E-state index in [1.54, 1.807) is 30.5 Å². The van der Waals surface area contributed by atoms with Crippen LogP contribution in [0.2, 0.25) is 0 Å². The number of ether oxygens (including phenoxy) is 1. The summed E-state index contributed by atoms with van der Waals surface area (Å²) in [5, 5.41) is 9.29. The minimum atomic E-state index is 0.170. The molecule has 2 aromatic rings. The lowest BCUT2D eigenvalue weighted by atomic mass is 10.3. The number of rotatable bonds is 2. The van der Waals surface area contributed by atoms with Gasteiger partial charge in [0.1, 0.15) is 17.3 Å². The fourth-order valence-corrected chi connectivity index (χ4v) is 1.35. The van der Waals surface area contributed by atoms with Gasteiger partial charge < -0.3 is 9.84 Å². The minimum Gasteiger partial charge on any atom is -0.508 e. The lowest BCUT2D eigenvalue weighted by Crippen LogP contribution is -1.94. The fourth-order valence-electron chi connectivity index (χ4n) is 1.35. The van der Waals surface area contributed by atoms with Crippen LogP contribution in [0.1, 0.15) is 11.5 Å². The molecule has 82 valence electrons. The van der Waals surface area contributed by atoms with Crippen LogP contribution >= 0.6 is 0 Å². The number of hydrogen-bond donors (Lipinski definition) is 1. The molecule has 0 unspecified atom stereocenters. The third-order valence-corrected chi connectivity index (χ3v) is 2.10. The van der Waals surface area contributed by atoms with Crippen molar-refractivity contribution in [3.05, 3.63) is 42.0 Å². The smallest absolute Gasteiger partial charge is 0.166 e. The van der Waals surface area contributed by atoms with Crippen LogP contribution in [0.15, 0.2) is 30.5 Å². The van der Waals surface area contributed by atoms with Crippen LogP contribution in [0.3, 0.4) is 0 Å². The second kappa shape index (κ2) is 4.18. The number of aromatic hydroxyl groups is 1. The van der Waals surface area contributed by atoms with Gasteiger partial charge in [-0.15, -0.1) is 0 Å². The number of nitrogens with zero attached hydrogens (tertiary/aromatic N) is 2. The van der Waals surface area contributed by atoms with Gasteiger partial charge in [0.15, 0.2) is 5.75 Å². The van der Waals surface area contributed by atoms with Crippen molar-refractivity contribution < 1.29 is 9.84 Å². The molecule has 1 heterocycles. The van der Waals surface area contributed by atoms with Gasteiger partial charge in [0.05, 0.1) is 11.9 Å². The Morgan fingerprint density at radius 3 is 2.75 bits per heavy atom. The van der Waals surface area contributed by atoms with Gasteiger partial charge in [0.25, 0.3) is 0 Å². The summed E-state index contributed by atoms with van der Waals surface area (Å²) in [4.78, 5) is 8.25. The maximum Gasteiger partial charge on any atom is 0.166 e. The number of benzene rings is 1. The highest BCUT2D eigenvalue weighted by Gasteiger charge is 2.04. The molecule has 0 aliphatic heterocycles. The predicted octanol–water partition coefficient (Wildman–Crippen LogP) is 2.59. The number of phenolic OH excluding ortho intramolecular Hbond substituents is 1. The first-order valence-electron chi connectivity index (χ1n) is 4.92. The second-order valence-electron chi connectivity index (χ2n) is 3.47. The number of hydrogen-bond acceptors (Lipinski definition) is 4. The quantitative estimate of drug-likeness (QED) is 0.838. The summed E-state index contributed by atoms with van der Waals surface area (Å²) in [6.45, 7) is 3.68. The zero-order chi connectivity index (χ0) is 11.5. The fraction of sp³-hybridized carbons (Fsp3) is 0.167. The van der Waals surface area contributed by atoms with E-state index in [0.29, 0.717) is 17.3 Å². The van der Waals surface area contributed by atoms with Gasteiger partial charge in [-0.2, -0.15) is 0 Å². The molecule has 0 spiro atoms. The second-order valence-corrected chi connectivity index (χ2v) is 3.47. The Morgan fingerprint density at radius 1 is 1.25 bits per heavy atom. The highest BCUT2D eigenvalue weighted by Crippen LogP contribution is 2.25. The third-order valence-electron chi connectivity index (χ3n) is 2.10. The molecular weight excluding hydrogens is 204 g/mol. The summed E-state index contributed by atoms with van der Waals surface area (Å²) in [7, 11) is 0. The third kappa shape index (κ3) is 2.28. The van der Waals surface area contributed by atoms with Gasteiger partial charge in [-0.3, -0.25) is 0 Å². The molecule has 0 fully saturated rings. The molecule has 4 nitrogen and oxygen atoms in total. The van der Waals surface area contributed by atoms with E-state index in [1.807, 2.05) is 13.8 Å². The van der Waals surface area contributed by atoms with Crippen LogP contribution < -0.4 is 4.74 Å². The molecule has 4 heteroatoms. The van der Waals surface area contributed by atoms with Crippen molar-refractivity contribution in [1.29, 1.82) is 0 Å². The highest BCUT2D eigenvalue weighted by atomic mass is 16.5. The largest absolute Gasteiger partial charge is 0.508 e. The summed E-state index contributed by atoms with van der Waals surface area (Å²) in [6, 6.07) is 6.61. The summed E-state index contributed by atoms with van der Waals surface area (Å²) in [5.41, 5.74) is 0.774. The molecule has 0 saturated carbocycles. The van der Waals surface area contributed by atoms with Gasteiger partial charge >= 0.3 is 0 Å². The van der Waals surface area contributed by atoms with Gasteiger partial charge in [0, 0.05) is 6.07 Å². The van der Waals surface area contributed by atoms with Gasteiger partial charge in [-0.25, -0.2) is 9.97 Å². The molecule has 0 atom stereocenters. The van der Waals surface area contributed by atoms with Gasteiger partial charge in [-0.1, -0.05) is 6.07 Å². The Morgan fingerprint density at radius 2 is 2.06 bits per heavy atom. The maximum atomic E-state index is 9.29. The first kappa shape index (κ1) is 10.4. The molecule has 0 amide bonds. The van der Waals surface area contributed by atoms with E-state index >= 15 is 0 Å². The van der Waals surface area contributed by atoms with E-state index in [2.05, 4.69) is 9.97 Å². The van der Waals surface area contributed by atoms with E-state index in [4.69, 9.17) is 4.74 Å². The molecule has 16 heavy (non-hydrogen) atoms. The molecular formula is C12H12N2O2. The standard InChI is InChI=1S/C12H12N2O2/c1-8-12(7-13-9(2)14-8)16-11-5-3-4-10(15)6-11/h3-7,15H,1-2H3. The number of phenols is 1. The normalized spacial score (nSPS) is 10.1. The van der Waals surface area contributed by atoms with Gasteiger partial charge in [-0.05, 0) is 26.0 Å². The van der Waals surface area contributed by atoms with Crippen LogP contribution in [0.4, 0.5) is 0 Å². The summed E-state index contributed by atoms with van der Waals surface area (Å²) in [6.07, 6.45) is 1.63. The molecule has 0 aliphatic carbocycles. The van der Waals surface area contributed by atoms with Crippen LogP contribution in [0.25, 0.3) is 0 Å². The summed E-state index contributed by atoms with van der Waals surface area (Å²) >= 11 is 0. The van der Waals surface area contributed by atoms with Crippen LogP contribution in [-0.4, -0.2) is 15.1 Å². The van der Waals surface area contributed by atoms with Crippen molar-refractivity contribution in [2.75, 3.05) is 0 Å². The molecule has 0 saturated heterocycles. The monoisotopic (exact) mass is 216 g/mol. The van der Waals surface area contributed by atoms with Crippen molar-refractivity contribution in [3.63, 3.8) is 0 Å². The molecule has 0 aliphatic rings. The Bertz CT molecular complexity index is 512. The average Bonchev–Trinajstić information content (AvgIpc) is 2.22. The van der Waals surface area contributed by atoms with Crippen molar-refractivity contribution in [2.24, 2.45) is 0 Å². The van der Waals surface area contributed by atoms with E-state index in [-0.39, 0.29) is 5.75 Å². The SMILES string of the molecule is Cc1ncc(Oc2cccc(O)c2)c(C)n1. The van der Waals surface area contributed by atoms with E-state index in [0.717, 1.165) is 5.69 Å². The van der Waals surface area contributed by atoms with Crippen molar-refractivity contribution in [1.82, 2.24) is 9.97 Å². The summed E-state index contributed by atoms with van der Waals surface area (Å²) in [5.74, 6) is 2.04. The average molecular weight is 216 g/mol.